The van der Waals surface area contributed by atoms with Gasteiger partial charge in [0.25, 0.3) is 5.91 Å². The van der Waals surface area contributed by atoms with Gasteiger partial charge >= 0.3 is 0 Å². The summed E-state index contributed by atoms with van der Waals surface area (Å²) in [4.78, 5) is 12.3. The summed E-state index contributed by atoms with van der Waals surface area (Å²) >= 11 is 17.1. The van der Waals surface area contributed by atoms with E-state index in [2.05, 4.69) is 41.0 Å². The monoisotopic (exact) mass is 412 g/mol. The van der Waals surface area contributed by atoms with Crippen LogP contribution >= 0.6 is 35.4 Å². The number of benzene rings is 3. The second kappa shape index (κ2) is 7.31. The van der Waals surface area contributed by atoms with Crippen LogP contribution in [0.4, 0.5) is 5.69 Å². The molecule has 3 aromatic carbocycles. The van der Waals surface area contributed by atoms with Crippen molar-refractivity contribution in [3.05, 3.63) is 87.4 Å². The van der Waals surface area contributed by atoms with E-state index in [0.29, 0.717) is 15.6 Å². The van der Waals surface area contributed by atoms with Crippen molar-refractivity contribution >= 4 is 52.1 Å². The zero-order valence-electron chi connectivity index (χ0n) is 14.1. The molecule has 0 heterocycles. The van der Waals surface area contributed by atoms with Crippen molar-refractivity contribution in [2.45, 2.75) is 6.42 Å². The van der Waals surface area contributed by atoms with Crippen LogP contribution in [0.3, 0.4) is 0 Å². The molecule has 0 unspecified atom stereocenters. The Balaban J connectivity index is 1.45. The Morgan fingerprint density at radius 3 is 2.48 bits per heavy atom. The lowest BCUT2D eigenvalue weighted by atomic mass is 10.1. The second-order valence-electron chi connectivity index (χ2n) is 6.24. The molecule has 3 nitrogen and oxygen atoms in total. The zero-order chi connectivity index (χ0) is 19.0. The first-order valence-electron chi connectivity index (χ1n) is 8.30. The molecule has 0 spiro atoms. The van der Waals surface area contributed by atoms with E-state index in [4.69, 9.17) is 35.4 Å². The van der Waals surface area contributed by atoms with Crippen molar-refractivity contribution in [1.82, 2.24) is 5.32 Å². The first kappa shape index (κ1) is 18.0. The molecule has 0 aromatic heterocycles. The minimum atomic E-state index is -0.348. The van der Waals surface area contributed by atoms with E-state index >= 15 is 0 Å². The van der Waals surface area contributed by atoms with Crippen molar-refractivity contribution in [2.24, 2.45) is 0 Å². The lowest BCUT2D eigenvalue weighted by molar-refractivity contribution is 0.0977. The van der Waals surface area contributed by atoms with Gasteiger partial charge in [0.2, 0.25) is 0 Å². The Hall–Kier alpha value is -2.40. The summed E-state index contributed by atoms with van der Waals surface area (Å²) in [5.74, 6) is -0.348. The third-order valence-electron chi connectivity index (χ3n) is 4.46. The number of carbonyl (C=O) groups is 1. The van der Waals surface area contributed by atoms with Gasteiger partial charge in [-0.05, 0) is 71.2 Å². The van der Waals surface area contributed by atoms with Crippen LogP contribution in [0.1, 0.15) is 21.5 Å². The highest BCUT2D eigenvalue weighted by atomic mass is 35.5. The van der Waals surface area contributed by atoms with Gasteiger partial charge in [0.15, 0.2) is 5.11 Å². The van der Waals surface area contributed by atoms with Gasteiger partial charge < -0.3 is 5.32 Å². The number of carbonyl (C=O) groups excluding carboxylic acids is 1. The molecule has 6 heteroatoms. The smallest absolute Gasteiger partial charge is 0.257 e. The summed E-state index contributed by atoms with van der Waals surface area (Å²) in [6, 6.07) is 19.2. The third-order valence-corrected chi connectivity index (χ3v) is 5.40. The summed E-state index contributed by atoms with van der Waals surface area (Å²) < 4.78 is 0. The predicted molar refractivity (Wildman–Crippen MR) is 115 cm³/mol. The second-order valence-corrected chi connectivity index (χ2v) is 7.47. The molecular weight excluding hydrogens is 399 g/mol. The first-order valence-corrected chi connectivity index (χ1v) is 9.46. The standard InChI is InChI=1S/C21H14Cl2N2OS/c22-18-8-5-13(11-19(18)23)20(26)25-21(27)24-15-6-7-17-14(10-15)9-12-3-1-2-4-16(12)17/h1-8,10-11H,9H2,(H2,24,25,26,27). The highest BCUT2D eigenvalue weighted by molar-refractivity contribution is 7.80. The van der Waals surface area contributed by atoms with Gasteiger partial charge in [0.1, 0.15) is 0 Å². The highest BCUT2D eigenvalue weighted by Gasteiger charge is 2.18. The largest absolute Gasteiger partial charge is 0.332 e. The van der Waals surface area contributed by atoms with Crippen LogP contribution in [0.5, 0.6) is 0 Å². The zero-order valence-corrected chi connectivity index (χ0v) is 16.4. The van der Waals surface area contributed by atoms with E-state index in [1.54, 1.807) is 12.1 Å². The average molecular weight is 413 g/mol. The molecule has 1 aliphatic rings. The van der Waals surface area contributed by atoms with E-state index in [9.17, 15) is 4.79 Å². The molecule has 27 heavy (non-hydrogen) atoms. The van der Waals surface area contributed by atoms with Gasteiger partial charge in [0.05, 0.1) is 10.0 Å². The molecule has 0 atom stereocenters. The molecule has 4 rings (SSSR count). The highest BCUT2D eigenvalue weighted by Crippen LogP contribution is 2.37. The molecule has 2 N–H and O–H groups in total. The van der Waals surface area contributed by atoms with E-state index in [-0.39, 0.29) is 11.0 Å². The fourth-order valence-corrected chi connectivity index (χ4v) is 3.71. The van der Waals surface area contributed by atoms with Crippen LogP contribution in [0.2, 0.25) is 10.0 Å². The number of hydrogen-bond acceptors (Lipinski definition) is 2. The number of thiocarbonyl (C=S) groups is 1. The van der Waals surface area contributed by atoms with Crippen LogP contribution < -0.4 is 10.6 Å². The summed E-state index contributed by atoms with van der Waals surface area (Å²) in [7, 11) is 0. The van der Waals surface area contributed by atoms with Gasteiger partial charge in [-0.2, -0.15) is 0 Å². The molecule has 134 valence electrons. The maximum atomic E-state index is 12.3. The van der Waals surface area contributed by atoms with Crippen molar-refractivity contribution in [3.63, 3.8) is 0 Å². The number of fused-ring (bicyclic) bond motifs is 3. The van der Waals surface area contributed by atoms with Crippen LogP contribution in [0.15, 0.2) is 60.7 Å². The predicted octanol–water partition coefficient (Wildman–Crippen LogP) is 5.69. The molecule has 0 fully saturated rings. The Bertz CT molecular complexity index is 1080. The van der Waals surface area contributed by atoms with Crippen molar-refractivity contribution in [1.29, 1.82) is 0 Å². The Kier molecular flexibility index (Phi) is 4.87. The normalized spacial score (nSPS) is 11.5. The summed E-state index contributed by atoms with van der Waals surface area (Å²) in [6.45, 7) is 0. The average Bonchev–Trinajstić information content (AvgIpc) is 3.01. The lowest BCUT2D eigenvalue weighted by Crippen LogP contribution is -2.34. The van der Waals surface area contributed by atoms with Crippen molar-refractivity contribution in [2.75, 3.05) is 5.32 Å². The van der Waals surface area contributed by atoms with E-state index in [0.717, 1.165) is 12.1 Å². The number of amides is 1. The topological polar surface area (TPSA) is 41.1 Å². The molecule has 1 aliphatic carbocycles. The van der Waals surface area contributed by atoms with Crippen molar-refractivity contribution in [3.8, 4) is 11.1 Å². The minimum Gasteiger partial charge on any atom is -0.332 e. The van der Waals surface area contributed by atoms with E-state index < -0.39 is 0 Å². The van der Waals surface area contributed by atoms with Gasteiger partial charge in [-0.25, -0.2) is 0 Å². The van der Waals surface area contributed by atoms with Crippen molar-refractivity contribution < 1.29 is 4.79 Å². The number of nitrogens with one attached hydrogen (secondary N) is 2. The molecule has 0 aliphatic heterocycles. The lowest BCUT2D eigenvalue weighted by Gasteiger charge is -2.11. The van der Waals surface area contributed by atoms with Crippen LogP contribution in [-0.4, -0.2) is 11.0 Å². The molecular formula is C21H14Cl2N2OS. The van der Waals surface area contributed by atoms with Gasteiger partial charge in [-0.15, -0.1) is 0 Å². The molecule has 0 saturated carbocycles. The maximum Gasteiger partial charge on any atom is 0.257 e. The van der Waals surface area contributed by atoms with Gasteiger partial charge in [-0.3, -0.25) is 10.1 Å². The number of hydrogen-bond donors (Lipinski definition) is 2. The summed E-state index contributed by atoms with van der Waals surface area (Å²) in [6.07, 6.45) is 0.892. The Morgan fingerprint density at radius 2 is 1.67 bits per heavy atom. The van der Waals surface area contributed by atoms with Crippen LogP contribution in [0, 0.1) is 0 Å². The van der Waals surface area contributed by atoms with E-state index in [1.165, 1.54) is 28.3 Å². The minimum absolute atomic E-state index is 0.224. The van der Waals surface area contributed by atoms with Gasteiger partial charge in [0, 0.05) is 11.3 Å². The molecule has 0 radical (unpaired) electrons. The number of rotatable bonds is 2. The summed E-state index contributed by atoms with van der Waals surface area (Å²) in [5, 5.41) is 6.66. The maximum absolute atomic E-state index is 12.3. The first-order chi connectivity index (χ1) is 13.0. The Morgan fingerprint density at radius 1 is 0.889 bits per heavy atom. The quantitative estimate of drug-likeness (QED) is 0.415. The Labute approximate surface area is 172 Å². The number of halogens is 2. The molecule has 0 saturated heterocycles. The number of anilines is 1. The fourth-order valence-electron chi connectivity index (χ4n) is 3.20. The molecule has 1 amide bonds. The van der Waals surface area contributed by atoms with E-state index in [1.807, 2.05) is 12.1 Å². The third kappa shape index (κ3) is 3.69. The van der Waals surface area contributed by atoms with Gasteiger partial charge in [-0.1, -0.05) is 53.5 Å². The van der Waals surface area contributed by atoms with Crippen LogP contribution in [0.25, 0.3) is 11.1 Å². The van der Waals surface area contributed by atoms with Crippen LogP contribution in [-0.2, 0) is 6.42 Å². The fraction of sp³-hybridized carbons (Fsp3) is 0.0476. The summed E-state index contributed by atoms with van der Waals surface area (Å²) in [5.41, 5.74) is 6.29. The SMILES string of the molecule is O=C(NC(=S)Nc1ccc2c(c1)Cc1ccccc1-2)c1ccc(Cl)c(Cl)c1. The molecule has 0 bridgehead atoms. The molecule has 3 aromatic rings.